The van der Waals surface area contributed by atoms with Gasteiger partial charge in [0.1, 0.15) is 0 Å². The number of carboxylic acid groups (broad SMARTS) is 1. The molecule has 0 spiro atoms. The number of halogens is 3. The van der Waals surface area contributed by atoms with Crippen molar-refractivity contribution in [3.8, 4) is 0 Å². The van der Waals surface area contributed by atoms with Crippen molar-refractivity contribution in [1.82, 2.24) is 4.90 Å². The van der Waals surface area contributed by atoms with Gasteiger partial charge in [-0.2, -0.15) is 13.2 Å². The predicted octanol–water partition coefficient (Wildman–Crippen LogP) is 1.26. The number of alkyl halides is 3. The molecular formula is C8H12F3NO3. The Morgan fingerprint density at radius 3 is 1.93 bits per heavy atom. The first kappa shape index (κ1) is 13.7. The highest BCUT2D eigenvalue weighted by Gasteiger charge is 2.45. The Balaban J connectivity index is 4.77. The minimum atomic E-state index is -4.98. The highest BCUT2D eigenvalue weighted by Crippen LogP contribution is 2.24. The van der Waals surface area contributed by atoms with E-state index in [1.807, 2.05) is 0 Å². The average Bonchev–Trinajstić information content (AvgIpc) is 1.97. The standard InChI is InChI=1S/C8H12F3NO3/c1-7(2,4-5(13)14)12(3)6(15)8(9,10)11/h4H2,1-3H3,(H,13,14). The summed E-state index contributed by atoms with van der Waals surface area (Å²) in [7, 11) is 0.929. The van der Waals surface area contributed by atoms with Crippen LogP contribution in [0.4, 0.5) is 13.2 Å². The molecule has 0 saturated heterocycles. The van der Waals surface area contributed by atoms with E-state index in [0.717, 1.165) is 7.05 Å². The van der Waals surface area contributed by atoms with Gasteiger partial charge in [0.2, 0.25) is 0 Å². The molecule has 0 aliphatic heterocycles. The molecule has 88 valence electrons. The second-order valence-electron chi connectivity index (χ2n) is 3.74. The SMILES string of the molecule is CN(C(=O)C(F)(F)F)C(C)(C)CC(=O)O. The lowest BCUT2D eigenvalue weighted by Crippen LogP contribution is -2.51. The lowest BCUT2D eigenvalue weighted by molar-refractivity contribution is -0.189. The zero-order valence-electron chi connectivity index (χ0n) is 8.55. The summed E-state index contributed by atoms with van der Waals surface area (Å²) in [4.78, 5) is 21.6. The van der Waals surface area contributed by atoms with E-state index in [-0.39, 0.29) is 0 Å². The summed E-state index contributed by atoms with van der Waals surface area (Å²) in [5.41, 5.74) is -1.38. The maximum absolute atomic E-state index is 12.0. The summed E-state index contributed by atoms with van der Waals surface area (Å²) in [5.74, 6) is -3.31. The molecule has 1 N–H and O–H groups in total. The van der Waals surface area contributed by atoms with E-state index < -0.39 is 30.0 Å². The van der Waals surface area contributed by atoms with Gasteiger partial charge in [-0.25, -0.2) is 0 Å². The van der Waals surface area contributed by atoms with Crippen molar-refractivity contribution in [2.45, 2.75) is 32.0 Å². The van der Waals surface area contributed by atoms with Crippen LogP contribution < -0.4 is 0 Å². The number of carbonyl (C=O) groups is 2. The minimum Gasteiger partial charge on any atom is -0.481 e. The van der Waals surface area contributed by atoms with Crippen LogP contribution in [0.25, 0.3) is 0 Å². The number of hydrogen-bond acceptors (Lipinski definition) is 2. The molecule has 0 aliphatic rings. The van der Waals surface area contributed by atoms with Crippen molar-refractivity contribution in [2.75, 3.05) is 7.05 Å². The number of aliphatic carboxylic acids is 1. The predicted molar refractivity (Wildman–Crippen MR) is 45.2 cm³/mol. The fourth-order valence-electron chi connectivity index (χ4n) is 0.954. The molecule has 0 radical (unpaired) electrons. The van der Waals surface area contributed by atoms with Crippen LogP contribution in [0.3, 0.4) is 0 Å². The normalized spacial score (nSPS) is 12.4. The van der Waals surface area contributed by atoms with Crippen molar-refractivity contribution < 1.29 is 27.9 Å². The third-order valence-corrected chi connectivity index (χ3v) is 2.04. The molecule has 4 nitrogen and oxygen atoms in total. The Morgan fingerprint density at radius 2 is 1.67 bits per heavy atom. The van der Waals surface area contributed by atoms with Crippen LogP contribution in [0.1, 0.15) is 20.3 Å². The number of hydrogen-bond donors (Lipinski definition) is 1. The third-order valence-electron chi connectivity index (χ3n) is 2.04. The molecule has 0 atom stereocenters. The third kappa shape index (κ3) is 3.77. The number of nitrogens with zero attached hydrogens (tertiary/aromatic N) is 1. The maximum atomic E-state index is 12.0. The summed E-state index contributed by atoms with van der Waals surface area (Å²) in [5, 5.41) is 8.46. The van der Waals surface area contributed by atoms with Crippen LogP contribution in [0, 0.1) is 0 Å². The van der Waals surface area contributed by atoms with Gasteiger partial charge >= 0.3 is 18.1 Å². The molecule has 0 bridgehead atoms. The monoisotopic (exact) mass is 227 g/mol. The van der Waals surface area contributed by atoms with Crippen molar-refractivity contribution in [3.05, 3.63) is 0 Å². The van der Waals surface area contributed by atoms with Gasteiger partial charge < -0.3 is 10.0 Å². The average molecular weight is 227 g/mol. The molecule has 0 heterocycles. The molecule has 0 aliphatic carbocycles. The van der Waals surface area contributed by atoms with E-state index in [9.17, 15) is 22.8 Å². The zero-order chi connectivity index (χ0) is 12.4. The van der Waals surface area contributed by atoms with Crippen molar-refractivity contribution >= 4 is 11.9 Å². The summed E-state index contributed by atoms with van der Waals surface area (Å²) in [6.07, 6.45) is -5.53. The molecule has 1 amide bonds. The maximum Gasteiger partial charge on any atom is 0.471 e. The molecule has 0 aromatic carbocycles. The van der Waals surface area contributed by atoms with Gasteiger partial charge in [0.25, 0.3) is 0 Å². The van der Waals surface area contributed by atoms with Gasteiger partial charge in [0.15, 0.2) is 0 Å². The van der Waals surface area contributed by atoms with Gasteiger partial charge in [-0.15, -0.1) is 0 Å². The van der Waals surface area contributed by atoms with E-state index in [4.69, 9.17) is 5.11 Å². The van der Waals surface area contributed by atoms with Crippen molar-refractivity contribution in [3.63, 3.8) is 0 Å². The highest BCUT2D eigenvalue weighted by atomic mass is 19.4. The summed E-state index contributed by atoms with van der Waals surface area (Å²) in [6, 6.07) is 0. The second-order valence-corrected chi connectivity index (χ2v) is 3.74. The Bertz CT molecular complexity index is 273. The Morgan fingerprint density at radius 1 is 1.27 bits per heavy atom. The molecule has 0 aromatic heterocycles. The molecule has 0 rings (SSSR count). The molecular weight excluding hydrogens is 215 g/mol. The van der Waals surface area contributed by atoms with Gasteiger partial charge in [-0.3, -0.25) is 9.59 Å². The highest BCUT2D eigenvalue weighted by molar-refractivity contribution is 5.83. The summed E-state index contributed by atoms with van der Waals surface area (Å²) >= 11 is 0. The number of amides is 1. The van der Waals surface area contributed by atoms with Crippen molar-refractivity contribution in [1.29, 1.82) is 0 Å². The van der Waals surface area contributed by atoms with Crippen LogP contribution in [0.2, 0.25) is 0 Å². The molecule has 0 unspecified atom stereocenters. The number of carboxylic acids is 1. The van der Waals surface area contributed by atoms with Crippen LogP contribution in [-0.4, -0.2) is 40.6 Å². The van der Waals surface area contributed by atoms with Gasteiger partial charge in [-0.05, 0) is 13.8 Å². The number of carbonyl (C=O) groups excluding carboxylic acids is 1. The zero-order valence-corrected chi connectivity index (χ0v) is 8.55. The topological polar surface area (TPSA) is 57.6 Å². The van der Waals surface area contributed by atoms with Crippen LogP contribution in [0.5, 0.6) is 0 Å². The van der Waals surface area contributed by atoms with Gasteiger partial charge in [0.05, 0.1) is 6.42 Å². The molecule has 15 heavy (non-hydrogen) atoms. The van der Waals surface area contributed by atoms with E-state index in [1.165, 1.54) is 13.8 Å². The lowest BCUT2D eigenvalue weighted by Gasteiger charge is -2.34. The molecule has 0 saturated carbocycles. The largest absolute Gasteiger partial charge is 0.481 e. The fraction of sp³-hybridized carbons (Fsp3) is 0.750. The van der Waals surface area contributed by atoms with Crippen LogP contribution in [0.15, 0.2) is 0 Å². The van der Waals surface area contributed by atoms with E-state index in [0.29, 0.717) is 4.90 Å². The quantitative estimate of drug-likeness (QED) is 0.789. The molecule has 7 heteroatoms. The van der Waals surface area contributed by atoms with Crippen LogP contribution >= 0.6 is 0 Å². The van der Waals surface area contributed by atoms with Crippen molar-refractivity contribution in [2.24, 2.45) is 0 Å². The molecule has 0 aromatic rings. The first-order valence-corrected chi connectivity index (χ1v) is 4.05. The van der Waals surface area contributed by atoms with E-state index >= 15 is 0 Å². The summed E-state index contributed by atoms with van der Waals surface area (Å²) in [6.45, 7) is 2.51. The fourth-order valence-corrected chi connectivity index (χ4v) is 0.954. The first-order valence-electron chi connectivity index (χ1n) is 4.05. The minimum absolute atomic E-state index is 0.390. The lowest BCUT2D eigenvalue weighted by atomic mass is 9.98. The smallest absolute Gasteiger partial charge is 0.471 e. The van der Waals surface area contributed by atoms with E-state index in [2.05, 4.69) is 0 Å². The molecule has 0 fully saturated rings. The van der Waals surface area contributed by atoms with Crippen LogP contribution in [-0.2, 0) is 9.59 Å². The Labute approximate surface area is 84.7 Å². The first-order chi connectivity index (χ1) is 6.48. The number of rotatable bonds is 3. The van der Waals surface area contributed by atoms with Gasteiger partial charge in [-0.1, -0.05) is 0 Å². The summed E-state index contributed by atoms with van der Waals surface area (Å²) < 4.78 is 36.1. The van der Waals surface area contributed by atoms with E-state index in [1.54, 1.807) is 0 Å². The second kappa shape index (κ2) is 4.08. The Kier molecular flexibility index (Phi) is 3.73. The van der Waals surface area contributed by atoms with Gasteiger partial charge in [0, 0.05) is 12.6 Å². The Hall–Kier alpha value is -1.27.